The van der Waals surface area contributed by atoms with Crippen LogP contribution in [0.2, 0.25) is 0 Å². The molecule has 0 rings (SSSR count). The molecule has 0 heterocycles. The average molecular weight is 215 g/mol. The maximum atomic E-state index is 6.35. The molecule has 0 saturated carbocycles. The van der Waals surface area contributed by atoms with Crippen molar-refractivity contribution in [3.63, 3.8) is 0 Å². The van der Waals surface area contributed by atoms with Crippen molar-refractivity contribution in [2.75, 3.05) is 0 Å². The fourth-order valence-electron chi connectivity index (χ4n) is 0.0722. The first kappa shape index (κ1) is 30.7. The lowest BCUT2D eigenvalue weighted by Crippen LogP contribution is -1.55. The molecule has 4 N–H and O–H groups in total. The van der Waals surface area contributed by atoms with Crippen LogP contribution in [0.25, 0.3) is 0 Å². The van der Waals surface area contributed by atoms with Gasteiger partial charge in [-0.1, -0.05) is 14.9 Å². The van der Waals surface area contributed by atoms with Crippen LogP contribution < -0.4 is 6.15 Å². The Morgan fingerprint density at radius 2 is 1.33 bits per heavy atom. The van der Waals surface area contributed by atoms with Gasteiger partial charge in [0.05, 0.1) is 8.83 Å². The summed E-state index contributed by atoms with van der Waals surface area (Å²) in [6.07, 6.45) is 9.39. The molecule has 0 saturated heterocycles. The van der Waals surface area contributed by atoms with Gasteiger partial charge in [-0.2, -0.15) is 0 Å². The van der Waals surface area contributed by atoms with E-state index in [9.17, 15) is 0 Å². The molecule has 0 fully saturated rings. The minimum Gasteiger partial charge on any atom is -0.360 e. The summed E-state index contributed by atoms with van der Waals surface area (Å²) in [4.78, 5) is 0. The summed E-state index contributed by atoms with van der Waals surface area (Å²) in [6, 6.07) is 0. The van der Waals surface area contributed by atoms with Crippen molar-refractivity contribution in [1.82, 2.24) is 6.15 Å². The highest BCUT2D eigenvalue weighted by Crippen LogP contribution is 1.42. The van der Waals surface area contributed by atoms with Crippen molar-refractivity contribution < 1.29 is 11.4 Å². The first-order valence-corrected chi connectivity index (χ1v) is 7.39. The zero-order valence-corrected chi connectivity index (χ0v) is 9.09. The van der Waals surface area contributed by atoms with E-state index in [1.807, 2.05) is 0 Å². The number of hydrogen-bond acceptors (Lipinski definition) is 2. The van der Waals surface area contributed by atoms with Gasteiger partial charge in [0.25, 0.3) is 0 Å². The van der Waals surface area contributed by atoms with E-state index in [0.717, 1.165) is 9.76 Å². The van der Waals surface area contributed by atoms with E-state index in [1.165, 1.54) is 0 Å². The molecule has 84 valence electrons. The Morgan fingerprint density at radius 3 is 1.42 bits per heavy atom. The lowest BCUT2D eigenvalue weighted by molar-refractivity contribution is 1.63. The summed E-state index contributed by atoms with van der Waals surface area (Å²) in [7, 11) is 1.26. The molecule has 0 aromatic heterocycles. The topological polar surface area (TPSA) is 58.9 Å². The molecule has 0 radical (unpaired) electrons. The number of hydrogen-bond donors (Lipinski definition) is 2. The molecule has 0 amide bonds. The summed E-state index contributed by atoms with van der Waals surface area (Å²) in [5, 5.41) is 6.35. The standard InChI is InChI=1S/C6H2.2CH4.H5NSi2.H3N.8H2/c1-3-5-6-4-2;;;1-3-2;;;;;;;;;/h1-2H;2*1H4;1,3H,2H3;1H3;8*1H. The van der Waals surface area contributed by atoms with E-state index in [4.69, 9.17) is 17.9 Å². The molecule has 0 aliphatic heterocycles. The molecule has 0 aliphatic rings. The van der Waals surface area contributed by atoms with Crippen molar-refractivity contribution in [1.29, 1.82) is 5.05 Å². The van der Waals surface area contributed by atoms with E-state index >= 15 is 0 Å². The molecular formula is C8H34N2Si2. The third-order valence-corrected chi connectivity index (χ3v) is 0.207. The second kappa shape index (κ2) is 51.8. The van der Waals surface area contributed by atoms with Crippen LogP contribution in [0.3, 0.4) is 0 Å². The third kappa shape index (κ3) is 157. The maximum Gasteiger partial charge on any atom is 0.0752 e. The first-order chi connectivity index (χ1) is 4.33. The van der Waals surface area contributed by atoms with Gasteiger partial charge in [0.1, 0.15) is 0 Å². The Labute approximate surface area is 93.6 Å². The lowest BCUT2D eigenvalue weighted by atomic mass is 10.6. The second-order valence-electron chi connectivity index (χ2n) is 0.827. The van der Waals surface area contributed by atoms with Gasteiger partial charge < -0.3 is 11.2 Å². The molecular weight excluding hydrogens is 180 g/mol. The van der Waals surface area contributed by atoms with Crippen LogP contribution in [0, 0.1) is 41.6 Å². The molecule has 0 spiro atoms. The third-order valence-electron chi connectivity index (χ3n) is 0.207. The predicted octanol–water partition coefficient (Wildman–Crippen LogP) is 2.12. The summed E-state index contributed by atoms with van der Waals surface area (Å²) in [5.74, 6) is 8.61. The van der Waals surface area contributed by atoms with Crippen LogP contribution in [0.5, 0.6) is 0 Å². The van der Waals surface area contributed by atoms with E-state index in [0.29, 0.717) is 0 Å². The largest absolute Gasteiger partial charge is 0.360 e. The van der Waals surface area contributed by atoms with E-state index in [1.54, 1.807) is 0 Å². The molecule has 0 aromatic rings. The van der Waals surface area contributed by atoms with E-state index < -0.39 is 0 Å². The fraction of sp³-hybridized carbons (Fsp3) is 0.250. The summed E-state index contributed by atoms with van der Waals surface area (Å²) in [5.41, 5.74) is 0. The lowest BCUT2D eigenvalue weighted by Gasteiger charge is -1.43. The van der Waals surface area contributed by atoms with Gasteiger partial charge >= 0.3 is 0 Å². The first-order valence-electron chi connectivity index (χ1n) is 2.19. The Kier molecular flexibility index (Phi) is 133. The number of rotatable bonds is 0. The highest BCUT2D eigenvalue weighted by atomic mass is 29.1. The summed E-state index contributed by atoms with van der Waals surface area (Å²) in [6.45, 7) is 0. The van der Waals surface area contributed by atoms with Gasteiger partial charge in [-0.3, -0.25) is 0 Å². The average Bonchev–Trinajstić information content (AvgIpc) is 1.86. The van der Waals surface area contributed by atoms with Crippen LogP contribution in [0.1, 0.15) is 26.3 Å². The van der Waals surface area contributed by atoms with Gasteiger partial charge in [0.2, 0.25) is 0 Å². The molecule has 0 aromatic carbocycles. The van der Waals surface area contributed by atoms with Gasteiger partial charge in [0, 0.05) is 21.2 Å². The number of nitrogens with one attached hydrogen (secondary N) is 1. The fourth-order valence-corrected chi connectivity index (χ4v) is 0.0722. The van der Waals surface area contributed by atoms with Crippen LogP contribution in [-0.2, 0) is 0 Å². The van der Waals surface area contributed by atoms with Gasteiger partial charge in [-0.25, -0.2) is 0 Å². The predicted molar refractivity (Wildman–Crippen MR) is 80.6 cm³/mol. The van der Waals surface area contributed by atoms with Crippen LogP contribution in [-0.4, -0.2) is 18.6 Å². The van der Waals surface area contributed by atoms with E-state index in [2.05, 4.69) is 23.7 Å². The SMILES string of the molecule is C.C.C#CC#CC#C.N.N=[SiH][SiH3].[HH].[HH].[HH].[HH].[HH].[HH].[HH].[HH]. The normalized spacial score (nSPS) is 2.83. The molecule has 4 heteroatoms. The highest BCUT2D eigenvalue weighted by molar-refractivity contribution is 6.80. The minimum absolute atomic E-state index is 0. The highest BCUT2D eigenvalue weighted by Gasteiger charge is 1.41. The van der Waals surface area contributed by atoms with Gasteiger partial charge in [-0.15, -0.1) is 12.8 Å². The Balaban J connectivity index is -0.00000000302. The van der Waals surface area contributed by atoms with E-state index in [-0.39, 0.29) is 41.2 Å². The van der Waals surface area contributed by atoms with Crippen molar-refractivity contribution in [2.45, 2.75) is 14.9 Å². The van der Waals surface area contributed by atoms with Crippen molar-refractivity contribution in [3.8, 4) is 36.5 Å². The van der Waals surface area contributed by atoms with Crippen molar-refractivity contribution in [2.24, 2.45) is 0 Å². The molecule has 0 bridgehead atoms. The Hall–Kier alpha value is -1.13. The van der Waals surface area contributed by atoms with Crippen molar-refractivity contribution >= 4 is 18.6 Å². The Bertz CT molecular complexity index is 201. The van der Waals surface area contributed by atoms with Gasteiger partial charge in [-0.05, 0) is 23.7 Å². The second-order valence-corrected chi connectivity index (χ2v) is 3.14. The number of terminal acetylenes is 2. The maximum absolute atomic E-state index is 6.35. The van der Waals surface area contributed by atoms with Gasteiger partial charge in [0.15, 0.2) is 0 Å². The molecule has 2 nitrogen and oxygen atoms in total. The van der Waals surface area contributed by atoms with Crippen LogP contribution >= 0.6 is 0 Å². The molecule has 0 aliphatic carbocycles. The quantitative estimate of drug-likeness (QED) is 0.471. The molecule has 0 atom stereocenters. The van der Waals surface area contributed by atoms with Crippen LogP contribution in [0.15, 0.2) is 0 Å². The monoisotopic (exact) mass is 214 g/mol. The molecule has 0 unspecified atom stereocenters. The smallest absolute Gasteiger partial charge is 0.0752 e. The van der Waals surface area contributed by atoms with Crippen molar-refractivity contribution in [3.05, 3.63) is 0 Å². The molecule has 12 heavy (non-hydrogen) atoms. The zero-order chi connectivity index (χ0) is 7.54. The zero-order valence-electron chi connectivity index (χ0n) is 5.94. The Morgan fingerprint density at radius 1 is 1.17 bits per heavy atom. The minimum atomic E-state index is 0. The van der Waals surface area contributed by atoms with Crippen LogP contribution in [0.4, 0.5) is 0 Å². The summed E-state index contributed by atoms with van der Waals surface area (Å²) >= 11 is 0. The summed E-state index contributed by atoms with van der Waals surface area (Å²) < 4.78 is 0.